The molecule has 2 aromatic heterocycles. The number of carbonyl (C=O) groups is 5. The van der Waals surface area contributed by atoms with Crippen LogP contribution in [0.3, 0.4) is 0 Å². The van der Waals surface area contributed by atoms with Gasteiger partial charge >= 0.3 is 11.9 Å². The van der Waals surface area contributed by atoms with Crippen molar-refractivity contribution < 1.29 is 43.6 Å². The quantitative estimate of drug-likeness (QED) is 0.0524. The first-order valence-electron chi connectivity index (χ1n) is 13.2. The Morgan fingerprint density at radius 2 is 1.98 bits per heavy atom. The molecule has 2 aliphatic rings. The average Bonchev–Trinajstić information content (AvgIpc) is 3.43. The Labute approximate surface area is 268 Å². The van der Waals surface area contributed by atoms with Crippen molar-refractivity contribution in [2.24, 2.45) is 10.9 Å². The number of anilines is 4. The minimum atomic E-state index is -1.79. The number of hydrogen-bond acceptors (Lipinski definition) is 15. The highest BCUT2D eigenvalue weighted by Gasteiger charge is 2.54. The van der Waals surface area contributed by atoms with Crippen molar-refractivity contribution in [3.63, 3.8) is 0 Å². The fourth-order valence-electron chi connectivity index (χ4n) is 4.09. The van der Waals surface area contributed by atoms with E-state index in [4.69, 9.17) is 27.8 Å². The number of nitrogens with zero attached hydrogens (tertiary/aromatic N) is 5. The molecule has 4 rings (SSSR count). The van der Waals surface area contributed by atoms with Gasteiger partial charge in [-0.1, -0.05) is 22.3 Å². The number of nitrogens with one attached hydrogen (secondary N) is 2. The lowest BCUT2D eigenvalue weighted by molar-refractivity contribution is -0.674. The predicted molar refractivity (Wildman–Crippen MR) is 166 cm³/mol. The number of rotatable bonds is 12. The van der Waals surface area contributed by atoms with Crippen LogP contribution in [0.5, 0.6) is 0 Å². The molecule has 21 heteroatoms. The van der Waals surface area contributed by atoms with E-state index in [0.29, 0.717) is 5.57 Å². The second-order valence-corrected chi connectivity index (χ2v) is 12.1. The third-order valence-corrected chi connectivity index (χ3v) is 8.55. The second-order valence-electron chi connectivity index (χ2n) is 10.2. The summed E-state index contributed by atoms with van der Waals surface area (Å²) < 4.78 is 1.45. The largest absolute Gasteiger partial charge is 0.478 e. The number of carboxylic acids is 2. The minimum absolute atomic E-state index is 0.0108. The van der Waals surface area contributed by atoms with E-state index in [1.807, 2.05) is 0 Å². The first-order valence-corrected chi connectivity index (χ1v) is 15.1. The molecule has 3 amide bonds. The van der Waals surface area contributed by atoms with Gasteiger partial charge in [-0.05, 0) is 19.4 Å². The smallest absolute Gasteiger partial charge is 0.352 e. The zero-order valence-corrected chi connectivity index (χ0v) is 25.9. The summed E-state index contributed by atoms with van der Waals surface area (Å²) in [5.41, 5.74) is 20.8. The second kappa shape index (κ2) is 13.4. The van der Waals surface area contributed by atoms with Crippen LogP contribution in [-0.2, 0) is 35.4 Å². The molecule has 19 nitrogen and oxygen atoms in total. The molecule has 244 valence electrons. The van der Waals surface area contributed by atoms with Crippen molar-refractivity contribution in [2.45, 2.75) is 37.4 Å². The molecule has 1 fully saturated rings. The van der Waals surface area contributed by atoms with E-state index in [9.17, 15) is 34.2 Å². The number of thioether (sulfide) groups is 1. The number of nitrogens with two attached hydrogens (primary N) is 4. The van der Waals surface area contributed by atoms with Gasteiger partial charge in [-0.3, -0.25) is 19.3 Å². The van der Waals surface area contributed by atoms with Crippen LogP contribution < -0.4 is 38.1 Å². The molecular weight excluding hydrogens is 646 g/mol. The Bertz CT molecular complexity index is 1700. The van der Waals surface area contributed by atoms with E-state index in [-0.39, 0.29) is 52.7 Å². The van der Waals surface area contributed by atoms with E-state index in [2.05, 4.69) is 25.8 Å². The monoisotopic (exact) mass is 676 g/mol. The number of amides is 3. The van der Waals surface area contributed by atoms with Crippen LogP contribution in [0.25, 0.3) is 0 Å². The molecule has 2 aromatic rings. The molecule has 46 heavy (non-hydrogen) atoms. The highest BCUT2D eigenvalue weighted by molar-refractivity contribution is 8.00. The molecule has 0 aliphatic carbocycles. The van der Waals surface area contributed by atoms with E-state index in [1.165, 1.54) is 48.0 Å². The van der Waals surface area contributed by atoms with E-state index in [0.717, 1.165) is 16.2 Å². The van der Waals surface area contributed by atoms with Crippen LogP contribution in [0.1, 0.15) is 19.5 Å². The van der Waals surface area contributed by atoms with Gasteiger partial charge in [0.1, 0.15) is 22.8 Å². The number of allylic oxidation sites excluding steroid dienone is 2. The Hall–Kier alpha value is -5.28. The molecule has 1 saturated heterocycles. The summed E-state index contributed by atoms with van der Waals surface area (Å²) in [6.45, 7) is 2.25. The standard InChI is InChI=1S/C25H29N11O8S2/c1-25(2,23(42)43)44-34-13(11-8-46-24(29)31-11)19(38)33-15-20(39)36-16(22(40)41)10(7-45-21(15)36)4-3-5-35-9-30-17(27)14(18(35)28)32-12(37)6-26/h3-4,8-9,15,21H,5-7,26H2,1-2H3,(H9,27,28,29,31,32,33,34,37,38,40,41,42,43)/p+1/b4-3+/t15-,21-/m1/s1. The van der Waals surface area contributed by atoms with Gasteiger partial charge in [0, 0.05) is 11.1 Å². The predicted octanol–water partition coefficient (Wildman–Crippen LogP) is -1.95. The maximum absolute atomic E-state index is 13.2. The van der Waals surface area contributed by atoms with Crippen molar-refractivity contribution in [1.29, 1.82) is 0 Å². The van der Waals surface area contributed by atoms with Crippen LogP contribution >= 0.6 is 23.1 Å². The van der Waals surface area contributed by atoms with Gasteiger partial charge in [0.05, 0.1) is 13.1 Å². The molecule has 12 N–H and O–H groups in total. The number of oxime groups is 1. The van der Waals surface area contributed by atoms with Crippen LogP contribution in [0.4, 0.5) is 22.5 Å². The number of carboxylic acid groups (broad SMARTS) is 2. The first kappa shape index (κ1) is 33.6. The highest BCUT2D eigenvalue weighted by atomic mass is 32.2. The van der Waals surface area contributed by atoms with Gasteiger partial charge in [0.25, 0.3) is 11.8 Å². The van der Waals surface area contributed by atoms with Crippen LogP contribution in [0, 0.1) is 0 Å². The molecule has 0 bridgehead atoms. The van der Waals surface area contributed by atoms with Crippen molar-refractivity contribution in [2.75, 3.05) is 34.8 Å². The highest BCUT2D eigenvalue weighted by Crippen LogP contribution is 2.40. The number of thiazole rings is 1. The van der Waals surface area contributed by atoms with Crippen molar-refractivity contribution >= 4 is 80.9 Å². The summed E-state index contributed by atoms with van der Waals surface area (Å²) in [4.78, 5) is 76.0. The van der Waals surface area contributed by atoms with E-state index in [1.54, 1.807) is 6.08 Å². The van der Waals surface area contributed by atoms with Crippen molar-refractivity contribution in [1.82, 2.24) is 20.2 Å². The maximum atomic E-state index is 13.2. The number of aromatic nitrogens is 3. The lowest BCUT2D eigenvalue weighted by atomic mass is 10.0. The van der Waals surface area contributed by atoms with Gasteiger partial charge in [0.15, 0.2) is 16.5 Å². The first-order chi connectivity index (χ1) is 21.7. The molecule has 0 aromatic carbocycles. The fraction of sp³-hybridized carbons (Fsp3) is 0.320. The Kier molecular flexibility index (Phi) is 9.77. The van der Waals surface area contributed by atoms with Crippen molar-refractivity contribution in [3.8, 4) is 0 Å². The Balaban J connectivity index is 1.52. The third-order valence-electron chi connectivity index (χ3n) is 6.58. The van der Waals surface area contributed by atoms with Gasteiger partial charge < -0.3 is 48.6 Å². The topological polar surface area (TPSA) is 308 Å². The number of fused-ring (bicyclic) bond motifs is 1. The summed E-state index contributed by atoms with van der Waals surface area (Å²) >= 11 is 2.21. The van der Waals surface area contributed by atoms with E-state index < -0.39 is 52.4 Å². The number of β-lactam (4-membered cyclic amide) rings is 1. The molecule has 2 atom stereocenters. The lowest BCUT2D eigenvalue weighted by Crippen LogP contribution is -2.71. The third kappa shape index (κ3) is 6.84. The lowest BCUT2D eigenvalue weighted by Gasteiger charge is -2.49. The van der Waals surface area contributed by atoms with Gasteiger partial charge in [-0.2, -0.15) is 0 Å². The van der Waals surface area contributed by atoms with Gasteiger partial charge in [-0.15, -0.1) is 23.1 Å². The van der Waals surface area contributed by atoms with Crippen LogP contribution in [-0.4, -0.2) is 89.8 Å². The average molecular weight is 677 g/mol. The number of carbonyl (C=O) groups excluding carboxylic acids is 3. The zero-order chi connectivity index (χ0) is 33.9. The molecule has 4 heterocycles. The van der Waals surface area contributed by atoms with Gasteiger partial charge in [0.2, 0.25) is 29.5 Å². The fourth-order valence-corrected chi connectivity index (χ4v) is 5.95. The number of hydrogen-bond donors (Lipinski definition) is 8. The summed E-state index contributed by atoms with van der Waals surface area (Å²) in [6.07, 6.45) is 4.45. The molecule has 0 unspecified atom stereocenters. The number of nitrogen functional groups attached to an aromatic ring is 3. The molecular formula is C25H30N11O8S2+. The molecule has 2 aliphatic heterocycles. The summed E-state index contributed by atoms with van der Waals surface area (Å²) in [6, 6.07) is -1.13. The normalized spacial score (nSPS) is 18.2. The maximum Gasteiger partial charge on any atom is 0.352 e. The van der Waals surface area contributed by atoms with Crippen LogP contribution in [0.15, 0.2) is 40.3 Å². The number of aliphatic carboxylic acids is 2. The Morgan fingerprint density at radius 3 is 2.59 bits per heavy atom. The summed E-state index contributed by atoms with van der Waals surface area (Å²) in [5, 5.41) is 28.8. The van der Waals surface area contributed by atoms with Gasteiger partial charge in [-0.25, -0.2) is 19.1 Å². The zero-order valence-electron chi connectivity index (χ0n) is 24.3. The molecule has 0 spiro atoms. The minimum Gasteiger partial charge on any atom is -0.478 e. The molecule has 0 saturated carbocycles. The summed E-state index contributed by atoms with van der Waals surface area (Å²) in [5.74, 6) is -4.61. The van der Waals surface area contributed by atoms with Crippen molar-refractivity contribution in [3.05, 3.63) is 40.8 Å². The summed E-state index contributed by atoms with van der Waals surface area (Å²) in [7, 11) is 0. The van der Waals surface area contributed by atoms with E-state index >= 15 is 0 Å². The van der Waals surface area contributed by atoms with Crippen LogP contribution in [0.2, 0.25) is 0 Å². The molecule has 0 radical (unpaired) electrons. The SMILES string of the molecule is CC(C)(O/N=C(\C(=O)N[C@@H]1C(=O)N2C(C(=O)O)=C(/C=C/C[n+]3cnc(N)c(NC(=O)CN)c3N)CS[C@H]12)c1csc(N)n1)C(=O)O. The Morgan fingerprint density at radius 1 is 1.26 bits per heavy atom.